The van der Waals surface area contributed by atoms with Crippen molar-refractivity contribution in [2.75, 3.05) is 163 Å². The van der Waals surface area contributed by atoms with Crippen LogP contribution in [0, 0.1) is 141 Å². The summed E-state index contributed by atoms with van der Waals surface area (Å²) in [6, 6.07) is 1.09. The summed E-state index contributed by atoms with van der Waals surface area (Å²) in [5, 5.41) is 0. The van der Waals surface area contributed by atoms with Crippen molar-refractivity contribution in [2.45, 2.75) is 274 Å². The molecule has 27 heteroatoms. The van der Waals surface area contributed by atoms with E-state index in [0.717, 1.165) is 37.4 Å². The van der Waals surface area contributed by atoms with Crippen molar-refractivity contribution in [3.05, 3.63) is 93.9 Å². The van der Waals surface area contributed by atoms with Crippen LogP contribution in [0.25, 0.3) is 0 Å². The van der Waals surface area contributed by atoms with E-state index in [2.05, 4.69) is 184 Å². The Morgan fingerprint density at radius 2 is 0.583 bits per heavy atom. The van der Waals surface area contributed by atoms with Crippen LogP contribution in [-0.4, -0.2) is 276 Å². The molecule has 0 rings (SSSR count). The predicted octanol–water partition coefficient (Wildman–Crippen LogP) is 19.0. The summed E-state index contributed by atoms with van der Waals surface area (Å²) in [6.45, 7) is 93.8. The van der Waals surface area contributed by atoms with Crippen molar-refractivity contribution in [1.82, 2.24) is 53.9 Å². The number of rotatable bonds is 30. The summed E-state index contributed by atoms with van der Waals surface area (Å²) in [7, 11) is 34.3. The number of ether oxygens (including phenoxy) is 2. The van der Waals surface area contributed by atoms with Gasteiger partial charge in [-0.2, -0.15) is 96.9 Å². The number of carbonyl (C=O) groups excluding carboxylic acids is 7. The number of hydrogen-bond donors (Lipinski definition) is 0. The second-order valence-electron chi connectivity index (χ2n) is 32.0. The molecule has 0 aliphatic heterocycles. The molecule has 0 radical (unpaired) electrons. The Bertz CT molecular complexity index is 1880. The second kappa shape index (κ2) is 138. The molecule has 0 aromatic heterocycles. The van der Waals surface area contributed by atoms with E-state index in [4.69, 9.17) is 9.47 Å². The van der Waals surface area contributed by atoms with Crippen LogP contribution in [0.3, 0.4) is 0 Å². The zero-order valence-corrected chi connectivity index (χ0v) is 108. The van der Waals surface area contributed by atoms with Gasteiger partial charge in [-0.05, 0) is 140 Å². The SMILES string of the molecule is CC(C)CN(C)C(C)C.CC(C)CN(C)CC(C)C.C[CH-]C.C[CH-]C.C[CH-]C.C[CH-]C.C[CH-]C.C[CH-]C.C[CH-]C.[CH2-]C(=O)N(C)CC(C)C.[CH2-]CC(=O)C(C)C.[CH2-]COCCN(C)C(=O)CN(C)CC(C)C.[CH2-]N(C)C(=O)C(C)C.[CH2-]N(C)C(=O)CN(C)C(C)C.[CH2-]N(C)C(=O)CN(C)CC(C)C.[CH2-]N(C)C(=O)COC(C)C.[W+2].[W+2].[W+2].[W+2].[W+2].[W+2].[W+2]. The second-order valence-corrected chi connectivity index (χ2v) is 32.0. The molecular weight excluding hydrogens is 2700 g/mol. The first-order valence-corrected chi connectivity index (χ1v) is 41.2. The molecule has 0 unspecified atom stereocenters. The number of nitrogens with zero attached hydrogens (tertiary/aromatic N) is 11. The molecule has 0 aromatic carbocycles. The molecule has 0 saturated heterocycles. The third-order valence-electron chi connectivity index (χ3n) is 12.1. The van der Waals surface area contributed by atoms with Crippen LogP contribution in [0.2, 0.25) is 0 Å². The van der Waals surface area contributed by atoms with Crippen LogP contribution in [-0.2, 0) is 190 Å². The van der Waals surface area contributed by atoms with E-state index in [1.807, 2.05) is 219 Å². The Morgan fingerprint density at radius 1 is 0.325 bits per heavy atom. The minimum Gasteiger partial charge on any atom is -0.498 e. The average molecular weight is 2900 g/mol. The number of Topliss-reactive ketones (excluding diaryl/α,β-unsaturated/α-hetero) is 1. The molecule has 0 spiro atoms. The first-order chi connectivity index (χ1) is 51.6. The van der Waals surface area contributed by atoms with Gasteiger partial charge in [-0.3, -0.25) is 66.9 Å². The standard InChI is InChI=1S/C12H25N2O2.C9H19N2O.C9H21N.C8H17N2O.C8H19N.C7H14NO2.C7H14NO.C6H12NO.C6H11O.7C3H7.7W/c1-6-16-8-7-14(5)12(15)10-13(4)9-11(2)3;1-8(2)6-11(5)7-9(12)10(3)4;1-8(2)6-10(5)7-9(3)4;1-7(2)10(5)6-8(11)9(3)4;1-7(2)6-9(5)8(3)4;1-6(2)10-5-7(9)8(3)4;1-6(2)5-8(4)7(3)9;1-5(2)6(8)7(3)4;1-4-6(7)5(2)3;7*1-3-2;;;;;;;/h11H,1,6-10H2,2-5H3;8H,3,6-7H2,1-2,4-5H3;8-9H,6-7H2,1-5H3;7H,3,6H2,1-2,4-5H3;7-8H,6H2,1-5H3;6H,3,5H2,1-2,4H3;6H,3,5H2,1-2,4H3;5H,3H2,1-2,4H3;5H,1,4H2,2-3H3;7*3H,1-2H3;;;;;;;/q2*-1;;-1;;11*-1;7*+2. The average Bonchev–Trinajstić information content (AvgIpc) is 0.949. The first-order valence-electron chi connectivity index (χ1n) is 41.2. The van der Waals surface area contributed by atoms with Crippen molar-refractivity contribution in [2.24, 2.45) is 47.3 Å². The topological polar surface area (TPSA) is 174 Å². The van der Waals surface area contributed by atoms with Gasteiger partial charge in [-0.25, -0.2) is 0 Å². The van der Waals surface area contributed by atoms with Crippen LogP contribution < -0.4 is 0 Å². The van der Waals surface area contributed by atoms with Crippen LogP contribution in [0.15, 0.2) is 0 Å². The van der Waals surface area contributed by atoms with E-state index in [0.29, 0.717) is 75.7 Å². The van der Waals surface area contributed by atoms with Gasteiger partial charge in [0.05, 0.1) is 38.3 Å². The fourth-order valence-corrected chi connectivity index (χ4v) is 6.86. The summed E-state index contributed by atoms with van der Waals surface area (Å²) >= 11 is 0. The minimum absolute atomic E-state index is 0. The monoisotopic (exact) mass is 2900 g/mol. The third kappa shape index (κ3) is 209. The van der Waals surface area contributed by atoms with Gasteiger partial charge in [0.1, 0.15) is 12.4 Å². The molecule has 0 fully saturated rings. The van der Waals surface area contributed by atoms with Crippen LogP contribution >= 0.6 is 0 Å². The van der Waals surface area contributed by atoms with Gasteiger partial charge in [-0.15, -0.1) is 6.42 Å². The fourth-order valence-electron chi connectivity index (χ4n) is 6.86. The minimum atomic E-state index is -0.108. The number of amides is 6. The van der Waals surface area contributed by atoms with E-state index >= 15 is 0 Å². The molecule has 20 nitrogen and oxygen atoms in total. The number of hydrogen-bond acceptors (Lipinski definition) is 14. The maximum Gasteiger partial charge on any atom is 2.00 e. The van der Waals surface area contributed by atoms with Gasteiger partial charge in [0, 0.05) is 83.8 Å². The van der Waals surface area contributed by atoms with Crippen LogP contribution in [0.4, 0.5) is 0 Å². The molecule has 0 N–H and O–H groups in total. The normalized spacial score (nSPS) is 9.31. The van der Waals surface area contributed by atoms with Crippen LogP contribution in [0.1, 0.15) is 256 Å². The van der Waals surface area contributed by atoms with Crippen molar-refractivity contribution >= 4 is 41.2 Å². The van der Waals surface area contributed by atoms with Gasteiger partial charge in [0.25, 0.3) is 0 Å². The van der Waals surface area contributed by atoms with E-state index in [1.165, 1.54) is 39.2 Å². The van der Waals surface area contributed by atoms with Crippen molar-refractivity contribution in [3.63, 3.8) is 0 Å². The Morgan fingerprint density at radius 3 is 0.750 bits per heavy atom. The van der Waals surface area contributed by atoms with Gasteiger partial charge in [0.15, 0.2) is 5.91 Å². The number of ketones is 1. The number of carbonyl (C=O) groups is 7. The third-order valence-corrected chi connectivity index (χ3v) is 12.1. The van der Waals surface area contributed by atoms with Crippen LogP contribution in [0.5, 0.6) is 0 Å². The number of likely N-dealkylation sites (N-methyl/N-ethyl adjacent to an activating group) is 7. The maximum absolute atomic E-state index is 11.7. The summed E-state index contributed by atoms with van der Waals surface area (Å²) in [4.78, 5) is 95.9. The van der Waals surface area contributed by atoms with E-state index in [9.17, 15) is 33.6 Å². The molecule has 120 heavy (non-hydrogen) atoms. The first kappa shape index (κ1) is 181. The van der Waals surface area contributed by atoms with E-state index in [-0.39, 0.29) is 213 Å². The van der Waals surface area contributed by atoms with E-state index in [1.54, 1.807) is 52.1 Å². The molecular formula is C93H201N11O9W7. The molecule has 724 valence electrons. The molecule has 0 saturated carbocycles. The summed E-state index contributed by atoms with van der Waals surface area (Å²) < 4.78 is 10.1. The largest absolute Gasteiger partial charge is 2.00 e. The molecule has 0 heterocycles. The molecule has 0 atom stereocenters. The summed E-state index contributed by atoms with van der Waals surface area (Å²) in [6.07, 6.45) is 14.5. The van der Waals surface area contributed by atoms with Gasteiger partial charge < -0.3 is 124 Å². The Kier molecular flexibility index (Phi) is 208. The van der Waals surface area contributed by atoms with Crippen molar-refractivity contribution in [1.29, 1.82) is 0 Å². The van der Waals surface area contributed by atoms with Gasteiger partial charge >= 0.3 is 147 Å². The molecule has 0 bridgehead atoms. The smallest absolute Gasteiger partial charge is 0.498 e. The zero-order chi connectivity index (χ0) is 94.0. The molecule has 0 aliphatic carbocycles. The molecule has 6 amide bonds. The fraction of sp³-hybridized carbons (Fsp3) is 0.774. The zero-order valence-electron chi connectivity index (χ0n) is 87.2. The predicted molar refractivity (Wildman–Crippen MR) is 502 cm³/mol. The Labute approximate surface area is 855 Å². The molecule has 0 aromatic rings. The summed E-state index contributed by atoms with van der Waals surface area (Å²) in [5.74, 6) is 4.65. The summed E-state index contributed by atoms with van der Waals surface area (Å²) in [5.41, 5.74) is 0. The van der Waals surface area contributed by atoms with Crippen molar-refractivity contribution in [3.8, 4) is 0 Å². The molecule has 0 aliphatic rings. The Hall–Kier alpha value is 0.898. The van der Waals surface area contributed by atoms with Crippen molar-refractivity contribution < 1.29 is 190 Å². The van der Waals surface area contributed by atoms with Gasteiger partial charge in [0.2, 0.25) is 23.6 Å². The van der Waals surface area contributed by atoms with E-state index < -0.39 is 0 Å². The Balaban J connectivity index is -0.0000000407. The quantitative estimate of drug-likeness (QED) is 0.0491. The maximum atomic E-state index is 11.7. The van der Waals surface area contributed by atoms with Gasteiger partial charge in [-0.1, -0.05) is 117 Å².